The summed E-state index contributed by atoms with van der Waals surface area (Å²) in [5, 5.41) is 5.63. The zero-order valence-corrected chi connectivity index (χ0v) is 13.2. The molecule has 1 aromatic heterocycles. The highest BCUT2D eigenvalue weighted by molar-refractivity contribution is 8.00. The Labute approximate surface area is 132 Å². The van der Waals surface area contributed by atoms with E-state index in [1.54, 1.807) is 11.8 Å². The van der Waals surface area contributed by atoms with Gasteiger partial charge in [-0.25, -0.2) is 4.98 Å². The van der Waals surface area contributed by atoms with Crippen LogP contribution in [0.3, 0.4) is 0 Å². The predicted molar refractivity (Wildman–Crippen MR) is 90.7 cm³/mol. The van der Waals surface area contributed by atoms with Crippen molar-refractivity contribution in [3.05, 3.63) is 29.6 Å². The number of nitrogens with two attached hydrogens (primary N) is 1. The number of nitrogens with one attached hydrogen (secondary N) is 1. The van der Waals surface area contributed by atoms with Crippen LogP contribution >= 0.6 is 23.1 Å². The Hall–Kier alpha value is -1.53. The van der Waals surface area contributed by atoms with Crippen molar-refractivity contribution in [1.29, 1.82) is 0 Å². The molecule has 2 aromatic rings. The van der Waals surface area contributed by atoms with Gasteiger partial charge < -0.3 is 11.1 Å². The van der Waals surface area contributed by atoms with Crippen LogP contribution in [0, 0.1) is 0 Å². The van der Waals surface area contributed by atoms with Crippen LogP contribution in [0.5, 0.6) is 0 Å². The van der Waals surface area contributed by atoms with Crippen molar-refractivity contribution in [1.82, 2.24) is 4.98 Å². The third kappa shape index (κ3) is 3.57. The monoisotopic (exact) mass is 319 g/mol. The maximum absolute atomic E-state index is 12.2. The SMILES string of the molecule is Nc1ccc(-c2csc(NC(=O)C3CCCCS3)n2)cc1. The maximum Gasteiger partial charge on any atom is 0.239 e. The number of carbonyl (C=O) groups excluding carboxylic acids is 1. The number of thiazole rings is 1. The molecule has 1 aromatic carbocycles. The topological polar surface area (TPSA) is 68.0 Å². The fourth-order valence-corrected chi connectivity index (χ4v) is 4.17. The summed E-state index contributed by atoms with van der Waals surface area (Å²) >= 11 is 3.20. The standard InChI is InChI=1S/C15H17N3OS2/c16-11-6-4-10(5-7-11)12-9-21-15(17-12)18-14(19)13-3-1-2-8-20-13/h4-7,9,13H,1-3,8,16H2,(H,17,18,19). The van der Waals surface area contributed by atoms with Crippen LogP contribution in [0.2, 0.25) is 0 Å². The van der Waals surface area contributed by atoms with E-state index in [0.717, 1.165) is 35.5 Å². The first-order chi connectivity index (χ1) is 10.2. The zero-order chi connectivity index (χ0) is 14.7. The van der Waals surface area contributed by atoms with Crippen molar-refractivity contribution in [2.45, 2.75) is 24.5 Å². The van der Waals surface area contributed by atoms with Gasteiger partial charge in [0.15, 0.2) is 5.13 Å². The lowest BCUT2D eigenvalue weighted by Crippen LogP contribution is -2.27. The third-order valence-electron chi connectivity index (χ3n) is 3.41. The molecule has 0 spiro atoms. The van der Waals surface area contributed by atoms with E-state index in [1.165, 1.54) is 17.8 Å². The highest BCUT2D eigenvalue weighted by Gasteiger charge is 2.22. The number of rotatable bonds is 3. The number of thioether (sulfide) groups is 1. The Morgan fingerprint density at radius 1 is 1.29 bits per heavy atom. The largest absolute Gasteiger partial charge is 0.399 e. The average molecular weight is 319 g/mol. The Morgan fingerprint density at radius 3 is 2.81 bits per heavy atom. The minimum atomic E-state index is 0.0719. The van der Waals surface area contributed by atoms with Crippen LogP contribution in [0.4, 0.5) is 10.8 Å². The number of benzene rings is 1. The second kappa shape index (κ2) is 6.49. The molecule has 1 atom stereocenters. The Bertz CT molecular complexity index is 618. The number of nitrogens with zero attached hydrogens (tertiary/aromatic N) is 1. The number of hydrogen-bond donors (Lipinski definition) is 2. The van der Waals surface area contributed by atoms with Crippen molar-refractivity contribution in [3.63, 3.8) is 0 Å². The summed E-state index contributed by atoms with van der Waals surface area (Å²) < 4.78 is 0. The molecule has 1 aliphatic rings. The van der Waals surface area contributed by atoms with Crippen molar-refractivity contribution >= 4 is 39.8 Å². The summed E-state index contributed by atoms with van der Waals surface area (Å²) in [4.78, 5) is 16.7. The molecule has 1 fully saturated rings. The van der Waals surface area contributed by atoms with Gasteiger partial charge in [-0.15, -0.1) is 23.1 Å². The molecular weight excluding hydrogens is 302 g/mol. The lowest BCUT2D eigenvalue weighted by molar-refractivity contribution is -0.115. The van der Waals surface area contributed by atoms with Crippen LogP contribution in [0.15, 0.2) is 29.6 Å². The fraction of sp³-hybridized carbons (Fsp3) is 0.333. The molecule has 4 nitrogen and oxygen atoms in total. The highest BCUT2D eigenvalue weighted by atomic mass is 32.2. The zero-order valence-electron chi connectivity index (χ0n) is 11.5. The smallest absolute Gasteiger partial charge is 0.239 e. The van der Waals surface area contributed by atoms with Crippen LogP contribution < -0.4 is 11.1 Å². The number of anilines is 2. The van der Waals surface area contributed by atoms with Crippen molar-refractivity contribution in [3.8, 4) is 11.3 Å². The van der Waals surface area contributed by atoms with Crippen molar-refractivity contribution in [2.75, 3.05) is 16.8 Å². The lowest BCUT2D eigenvalue weighted by atomic mass is 10.1. The van der Waals surface area contributed by atoms with E-state index in [2.05, 4.69) is 10.3 Å². The summed E-state index contributed by atoms with van der Waals surface area (Å²) in [6.07, 6.45) is 3.32. The summed E-state index contributed by atoms with van der Waals surface area (Å²) in [5.41, 5.74) is 8.29. The van der Waals surface area contributed by atoms with E-state index in [1.807, 2.05) is 29.6 Å². The quantitative estimate of drug-likeness (QED) is 0.848. The van der Waals surface area contributed by atoms with Crippen molar-refractivity contribution in [2.24, 2.45) is 0 Å². The number of amides is 1. The molecular formula is C15H17N3OS2. The van der Waals surface area contributed by atoms with Gasteiger partial charge >= 0.3 is 0 Å². The first-order valence-corrected chi connectivity index (χ1v) is 8.89. The average Bonchev–Trinajstić information content (AvgIpc) is 2.97. The molecule has 1 unspecified atom stereocenters. The third-order valence-corrected chi connectivity index (χ3v) is 5.55. The van der Waals surface area contributed by atoms with Gasteiger partial charge in [0.1, 0.15) is 0 Å². The molecule has 110 valence electrons. The summed E-state index contributed by atoms with van der Waals surface area (Å²) in [6, 6.07) is 7.58. The first-order valence-electron chi connectivity index (χ1n) is 6.96. The fourth-order valence-electron chi connectivity index (χ4n) is 2.25. The molecule has 0 radical (unpaired) electrons. The molecule has 3 N–H and O–H groups in total. The summed E-state index contributed by atoms with van der Waals surface area (Å²) in [5.74, 6) is 1.16. The molecule has 1 saturated heterocycles. The maximum atomic E-state index is 12.2. The van der Waals surface area contributed by atoms with E-state index in [4.69, 9.17) is 5.73 Å². The molecule has 0 bridgehead atoms. The van der Waals surface area contributed by atoms with E-state index in [0.29, 0.717) is 5.13 Å². The van der Waals surface area contributed by atoms with Gasteiger partial charge in [-0.1, -0.05) is 18.6 Å². The molecule has 21 heavy (non-hydrogen) atoms. The summed E-state index contributed by atoms with van der Waals surface area (Å²) in [6.45, 7) is 0. The predicted octanol–water partition coefficient (Wildman–Crippen LogP) is 3.62. The van der Waals surface area contributed by atoms with E-state index in [-0.39, 0.29) is 11.2 Å². The van der Waals surface area contributed by atoms with Crippen LogP contribution in [0.25, 0.3) is 11.3 Å². The Morgan fingerprint density at radius 2 is 2.10 bits per heavy atom. The molecule has 1 aliphatic heterocycles. The second-order valence-corrected chi connectivity index (χ2v) is 7.17. The van der Waals surface area contributed by atoms with Gasteiger partial charge in [0, 0.05) is 16.6 Å². The van der Waals surface area contributed by atoms with E-state index >= 15 is 0 Å². The number of aromatic nitrogens is 1. The van der Waals surface area contributed by atoms with Gasteiger partial charge in [-0.05, 0) is 30.7 Å². The first kappa shape index (κ1) is 14.4. The highest BCUT2D eigenvalue weighted by Crippen LogP contribution is 2.28. The van der Waals surface area contributed by atoms with Crippen LogP contribution in [-0.2, 0) is 4.79 Å². The van der Waals surface area contributed by atoms with Gasteiger partial charge in [0.05, 0.1) is 10.9 Å². The Kier molecular flexibility index (Phi) is 4.45. The second-order valence-electron chi connectivity index (χ2n) is 5.00. The van der Waals surface area contributed by atoms with Gasteiger partial charge in [0.25, 0.3) is 0 Å². The van der Waals surface area contributed by atoms with Gasteiger partial charge in [0.2, 0.25) is 5.91 Å². The van der Waals surface area contributed by atoms with E-state index < -0.39 is 0 Å². The van der Waals surface area contributed by atoms with Crippen LogP contribution in [0.1, 0.15) is 19.3 Å². The number of nitrogen functional groups attached to an aromatic ring is 1. The molecule has 0 aliphatic carbocycles. The van der Waals surface area contributed by atoms with Crippen molar-refractivity contribution < 1.29 is 4.79 Å². The molecule has 6 heteroatoms. The minimum absolute atomic E-state index is 0.0719. The van der Waals surface area contributed by atoms with Gasteiger partial charge in [-0.2, -0.15) is 0 Å². The van der Waals surface area contributed by atoms with Crippen LogP contribution in [-0.4, -0.2) is 21.9 Å². The molecule has 1 amide bonds. The van der Waals surface area contributed by atoms with E-state index in [9.17, 15) is 4.79 Å². The van der Waals surface area contributed by atoms with Gasteiger partial charge in [-0.3, -0.25) is 4.79 Å². The Balaban J connectivity index is 1.67. The molecule has 0 saturated carbocycles. The number of hydrogen-bond acceptors (Lipinski definition) is 5. The lowest BCUT2D eigenvalue weighted by Gasteiger charge is -2.19. The normalized spacial score (nSPS) is 18.4. The number of carbonyl (C=O) groups is 1. The minimum Gasteiger partial charge on any atom is -0.399 e. The molecule has 3 rings (SSSR count). The summed E-state index contributed by atoms with van der Waals surface area (Å²) in [7, 11) is 0. The molecule has 2 heterocycles.